The fraction of sp³-hybridized carbons (Fsp3) is 0.200. The molecule has 0 saturated carbocycles. The molecule has 0 unspecified atom stereocenters. The molecule has 100 valence electrons. The van der Waals surface area contributed by atoms with Gasteiger partial charge in [0.25, 0.3) is 0 Å². The molecule has 0 spiro atoms. The van der Waals surface area contributed by atoms with Crippen molar-refractivity contribution in [1.82, 2.24) is 0 Å². The summed E-state index contributed by atoms with van der Waals surface area (Å²) < 4.78 is 19.3. The molecule has 0 aliphatic rings. The van der Waals surface area contributed by atoms with Gasteiger partial charge in [-0.25, -0.2) is 4.39 Å². The van der Waals surface area contributed by atoms with Crippen LogP contribution >= 0.6 is 11.6 Å². The molecule has 0 fully saturated rings. The van der Waals surface area contributed by atoms with Crippen LogP contribution in [0.15, 0.2) is 36.4 Å². The largest absolute Gasteiger partial charge is 0.452 e. The normalized spacial score (nSPS) is 12.3. The Hall–Kier alpha value is -1.58. The molecule has 0 aliphatic heterocycles. The van der Waals surface area contributed by atoms with Crippen LogP contribution in [-0.4, -0.2) is 5.11 Å². The van der Waals surface area contributed by atoms with Crippen LogP contribution in [0.5, 0.6) is 11.5 Å². The van der Waals surface area contributed by atoms with Crippen LogP contribution in [0.2, 0.25) is 5.02 Å². The van der Waals surface area contributed by atoms with Gasteiger partial charge in [0.05, 0.1) is 11.1 Å². The first-order valence-electron chi connectivity index (χ1n) is 5.89. The number of aliphatic hydroxyl groups is 1. The molecule has 0 radical (unpaired) electrons. The lowest BCUT2D eigenvalue weighted by Crippen LogP contribution is -1.99. The zero-order chi connectivity index (χ0) is 14.0. The van der Waals surface area contributed by atoms with E-state index >= 15 is 0 Å². The molecule has 19 heavy (non-hydrogen) atoms. The SMILES string of the molecule is Cc1ccc(Oc2c(F)cccc2[C@H](C)O)c(Cl)c1. The Morgan fingerprint density at radius 1 is 1.26 bits per heavy atom. The minimum atomic E-state index is -0.824. The highest BCUT2D eigenvalue weighted by Gasteiger charge is 2.15. The summed E-state index contributed by atoms with van der Waals surface area (Å²) in [5.74, 6) is -0.169. The van der Waals surface area contributed by atoms with Crippen LogP contribution in [-0.2, 0) is 0 Å². The summed E-state index contributed by atoms with van der Waals surface area (Å²) in [6, 6.07) is 9.66. The maximum atomic E-state index is 13.8. The summed E-state index contributed by atoms with van der Waals surface area (Å²) in [5.41, 5.74) is 1.37. The molecule has 2 rings (SSSR count). The molecule has 0 heterocycles. The van der Waals surface area contributed by atoms with E-state index in [9.17, 15) is 9.50 Å². The lowest BCUT2D eigenvalue weighted by atomic mass is 10.1. The molecule has 0 bridgehead atoms. The summed E-state index contributed by atoms with van der Waals surface area (Å²) >= 11 is 6.05. The molecule has 0 amide bonds. The third-order valence-corrected chi connectivity index (χ3v) is 3.04. The van der Waals surface area contributed by atoms with Gasteiger partial charge in [0.2, 0.25) is 0 Å². The van der Waals surface area contributed by atoms with Crippen molar-refractivity contribution in [1.29, 1.82) is 0 Å². The predicted octanol–water partition coefficient (Wildman–Crippen LogP) is 4.63. The minimum absolute atomic E-state index is 0.00301. The fourth-order valence-electron chi connectivity index (χ4n) is 1.76. The Morgan fingerprint density at radius 3 is 2.63 bits per heavy atom. The van der Waals surface area contributed by atoms with E-state index < -0.39 is 11.9 Å². The maximum absolute atomic E-state index is 13.8. The van der Waals surface area contributed by atoms with Crippen molar-refractivity contribution in [2.75, 3.05) is 0 Å². The topological polar surface area (TPSA) is 29.5 Å². The summed E-state index contributed by atoms with van der Waals surface area (Å²) in [7, 11) is 0. The van der Waals surface area contributed by atoms with Crippen LogP contribution in [0.1, 0.15) is 24.2 Å². The highest BCUT2D eigenvalue weighted by molar-refractivity contribution is 6.32. The molecule has 1 atom stereocenters. The van der Waals surface area contributed by atoms with Crippen LogP contribution in [0.3, 0.4) is 0 Å². The van der Waals surface area contributed by atoms with Crippen molar-refractivity contribution in [3.05, 3.63) is 58.4 Å². The van der Waals surface area contributed by atoms with Crippen molar-refractivity contribution < 1.29 is 14.2 Å². The van der Waals surface area contributed by atoms with Crippen molar-refractivity contribution in [2.24, 2.45) is 0 Å². The quantitative estimate of drug-likeness (QED) is 0.888. The number of aliphatic hydroxyl groups excluding tert-OH is 1. The van der Waals surface area contributed by atoms with Gasteiger partial charge in [0, 0.05) is 5.56 Å². The number of benzene rings is 2. The molecule has 0 aliphatic carbocycles. The van der Waals surface area contributed by atoms with Crippen molar-refractivity contribution in [3.8, 4) is 11.5 Å². The van der Waals surface area contributed by atoms with Gasteiger partial charge in [-0.05, 0) is 37.6 Å². The summed E-state index contributed by atoms with van der Waals surface area (Å²) in [5, 5.41) is 10.0. The van der Waals surface area contributed by atoms with Gasteiger partial charge in [-0.3, -0.25) is 0 Å². The standard InChI is InChI=1S/C15H14ClFO2/c1-9-6-7-14(12(16)8-9)19-15-11(10(2)18)4-3-5-13(15)17/h3-8,10,18H,1-2H3/t10-/m0/s1. The monoisotopic (exact) mass is 280 g/mol. The Balaban J connectivity index is 2.43. The Morgan fingerprint density at radius 2 is 2.00 bits per heavy atom. The van der Waals surface area contributed by atoms with Crippen molar-refractivity contribution in [2.45, 2.75) is 20.0 Å². The number of hydrogen-bond donors (Lipinski definition) is 1. The highest BCUT2D eigenvalue weighted by atomic mass is 35.5. The molecule has 1 N–H and O–H groups in total. The lowest BCUT2D eigenvalue weighted by Gasteiger charge is -2.14. The third-order valence-electron chi connectivity index (χ3n) is 2.75. The third kappa shape index (κ3) is 3.06. The van der Waals surface area contributed by atoms with Gasteiger partial charge in [-0.1, -0.05) is 29.8 Å². The van der Waals surface area contributed by atoms with Gasteiger partial charge in [0.1, 0.15) is 5.75 Å². The van der Waals surface area contributed by atoms with Crippen LogP contribution < -0.4 is 4.74 Å². The number of rotatable bonds is 3. The molecular weight excluding hydrogens is 267 g/mol. The maximum Gasteiger partial charge on any atom is 0.168 e. The van der Waals surface area contributed by atoms with E-state index in [-0.39, 0.29) is 5.75 Å². The van der Waals surface area contributed by atoms with Gasteiger partial charge in [-0.15, -0.1) is 0 Å². The van der Waals surface area contributed by atoms with E-state index in [1.807, 2.05) is 13.0 Å². The predicted molar refractivity (Wildman–Crippen MR) is 73.3 cm³/mol. The second-order valence-corrected chi connectivity index (χ2v) is 4.78. The lowest BCUT2D eigenvalue weighted by molar-refractivity contribution is 0.194. The zero-order valence-corrected chi connectivity index (χ0v) is 11.4. The van der Waals surface area contributed by atoms with Crippen molar-refractivity contribution >= 4 is 11.6 Å². The average molecular weight is 281 g/mol. The van der Waals surface area contributed by atoms with E-state index in [1.165, 1.54) is 12.1 Å². The number of aryl methyl sites for hydroxylation is 1. The molecule has 2 aromatic carbocycles. The molecule has 0 saturated heterocycles. The van der Waals surface area contributed by atoms with E-state index in [0.717, 1.165) is 5.56 Å². The van der Waals surface area contributed by atoms with Crippen LogP contribution in [0.25, 0.3) is 0 Å². The molecule has 4 heteroatoms. The average Bonchev–Trinajstić information content (AvgIpc) is 2.34. The second-order valence-electron chi connectivity index (χ2n) is 4.37. The van der Waals surface area contributed by atoms with Crippen molar-refractivity contribution in [3.63, 3.8) is 0 Å². The minimum Gasteiger partial charge on any atom is -0.452 e. The first kappa shape index (κ1) is 13.8. The van der Waals surface area contributed by atoms with Crippen LogP contribution in [0.4, 0.5) is 4.39 Å². The van der Waals surface area contributed by atoms with Gasteiger partial charge in [0.15, 0.2) is 11.6 Å². The number of hydrogen-bond acceptors (Lipinski definition) is 2. The van der Waals surface area contributed by atoms with E-state index in [2.05, 4.69) is 0 Å². The Labute approximate surface area is 116 Å². The Kier molecular flexibility index (Phi) is 4.08. The number of ether oxygens (including phenoxy) is 1. The second kappa shape index (κ2) is 5.59. The molecular formula is C15H14ClFO2. The Bertz CT molecular complexity index is 597. The smallest absolute Gasteiger partial charge is 0.168 e. The number of halogens is 2. The fourth-order valence-corrected chi connectivity index (χ4v) is 2.03. The number of para-hydroxylation sites is 1. The first-order chi connectivity index (χ1) is 8.99. The zero-order valence-electron chi connectivity index (χ0n) is 10.7. The molecule has 0 aromatic heterocycles. The molecule has 2 nitrogen and oxygen atoms in total. The van der Waals surface area contributed by atoms with E-state index in [4.69, 9.17) is 16.3 Å². The van der Waals surface area contributed by atoms with E-state index in [0.29, 0.717) is 16.3 Å². The van der Waals surface area contributed by atoms with Gasteiger partial charge in [-0.2, -0.15) is 0 Å². The molecule has 2 aromatic rings. The van der Waals surface area contributed by atoms with Gasteiger partial charge < -0.3 is 9.84 Å². The summed E-state index contributed by atoms with van der Waals surface area (Å²) in [6.45, 7) is 3.46. The van der Waals surface area contributed by atoms with Crippen LogP contribution in [0, 0.1) is 12.7 Å². The highest BCUT2D eigenvalue weighted by Crippen LogP contribution is 2.35. The van der Waals surface area contributed by atoms with E-state index in [1.54, 1.807) is 25.1 Å². The van der Waals surface area contributed by atoms with Gasteiger partial charge >= 0.3 is 0 Å². The first-order valence-corrected chi connectivity index (χ1v) is 6.27. The summed E-state index contributed by atoms with van der Waals surface area (Å²) in [4.78, 5) is 0. The summed E-state index contributed by atoms with van der Waals surface area (Å²) in [6.07, 6.45) is -0.824.